The lowest BCUT2D eigenvalue weighted by Gasteiger charge is -2.16. The topological polar surface area (TPSA) is 81.4 Å². The van der Waals surface area contributed by atoms with E-state index in [9.17, 15) is 9.59 Å². The molecule has 120 valence electrons. The number of nitrogen functional groups attached to an aromatic ring is 1. The first kappa shape index (κ1) is 16.5. The minimum atomic E-state index is -0.846. The first-order valence-corrected chi connectivity index (χ1v) is 7.43. The molecule has 0 aliphatic heterocycles. The van der Waals surface area contributed by atoms with Gasteiger partial charge in [0, 0.05) is 11.4 Å². The van der Waals surface area contributed by atoms with Crippen LogP contribution < -0.4 is 11.1 Å². The van der Waals surface area contributed by atoms with Crippen molar-refractivity contribution in [1.29, 1.82) is 0 Å². The molecule has 1 unspecified atom stereocenters. The summed E-state index contributed by atoms with van der Waals surface area (Å²) in [5.74, 6) is -0.893. The van der Waals surface area contributed by atoms with Gasteiger partial charge < -0.3 is 15.8 Å². The number of rotatable bonds is 5. The summed E-state index contributed by atoms with van der Waals surface area (Å²) in [7, 11) is 0. The van der Waals surface area contributed by atoms with Gasteiger partial charge in [-0.2, -0.15) is 0 Å². The van der Waals surface area contributed by atoms with Crippen LogP contribution in [0.2, 0.25) is 0 Å². The molecule has 5 heteroatoms. The van der Waals surface area contributed by atoms with E-state index < -0.39 is 12.1 Å². The third-order valence-corrected chi connectivity index (χ3v) is 3.38. The third-order valence-electron chi connectivity index (χ3n) is 3.38. The number of amides is 1. The fourth-order valence-corrected chi connectivity index (χ4v) is 2.00. The Labute approximate surface area is 135 Å². The highest BCUT2D eigenvalue weighted by atomic mass is 16.5. The number of hydrogen-bond donors (Lipinski definition) is 2. The average Bonchev–Trinajstić information content (AvgIpc) is 2.55. The number of esters is 1. The average molecular weight is 312 g/mol. The van der Waals surface area contributed by atoms with Crippen LogP contribution in [0, 0.1) is 6.92 Å². The van der Waals surface area contributed by atoms with Gasteiger partial charge in [0.2, 0.25) is 0 Å². The van der Waals surface area contributed by atoms with Gasteiger partial charge in [-0.3, -0.25) is 4.79 Å². The fraction of sp³-hybridized carbons (Fsp3) is 0.222. The van der Waals surface area contributed by atoms with Gasteiger partial charge in [-0.05, 0) is 49.7 Å². The number of hydrogen-bond acceptors (Lipinski definition) is 4. The molecule has 2 rings (SSSR count). The van der Waals surface area contributed by atoms with Crippen molar-refractivity contribution < 1.29 is 14.3 Å². The second-order valence-corrected chi connectivity index (χ2v) is 5.28. The molecule has 1 amide bonds. The molecule has 3 N–H and O–H groups in total. The van der Waals surface area contributed by atoms with Gasteiger partial charge in [0.1, 0.15) is 0 Å². The molecule has 0 radical (unpaired) electrons. The predicted molar refractivity (Wildman–Crippen MR) is 90.2 cm³/mol. The summed E-state index contributed by atoms with van der Waals surface area (Å²) >= 11 is 0. The van der Waals surface area contributed by atoms with Crippen molar-refractivity contribution >= 4 is 23.3 Å². The van der Waals surface area contributed by atoms with Crippen LogP contribution in [0.3, 0.4) is 0 Å². The number of nitrogens with two attached hydrogens (primary N) is 1. The van der Waals surface area contributed by atoms with E-state index in [1.54, 1.807) is 31.2 Å². The molecule has 1 atom stereocenters. The largest absolute Gasteiger partial charge is 0.449 e. The summed E-state index contributed by atoms with van der Waals surface area (Å²) in [4.78, 5) is 24.3. The quantitative estimate of drug-likeness (QED) is 0.656. The van der Waals surface area contributed by atoms with Crippen LogP contribution in [0.1, 0.15) is 29.3 Å². The van der Waals surface area contributed by atoms with E-state index in [1.165, 1.54) is 0 Å². The van der Waals surface area contributed by atoms with E-state index in [0.717, 1.165) is 5.56 Å². The smallest absolute Gasteiger partial charge is 0.338 e. The lowest BCUT2D eigenvalue weighted by atomic mass is 10.2. The second kappa shape index (κ2) is 7.45. The van der Waals surface area contributed by atoms with Gasteiger partial charge in [-0.25, -0.2) is 4.79 Å². The van der Waals surface area contributed by atoms with E-state index in [1.807, 2.05) is 31.2 Å². The van der Waals surface area contributed by atoms with E-state index in [4.69, 9.17) is 10.5 Å². The van der Waals surface area contributed by atoms with Gasteiger partial charge in [0.15, 0.2) is 6.10 Å². The maximum Gasteiger partial charge on any atom is 0.338 e. The Hall–Kier alpha value is -2.82. The van der Waals surface area contributed by atoms with Crippen molar-refractivity contribution in [3.63, 3.8) is 0 Å². The zero-order chi connectivity index (χ0) is 16.8. The molecule has 0 fully saturated rings. The van der Waals surface area contributed by atoms with Crippen molar-refractivity contribution in [2.45, 2.75) is 26.4 Å². The Morgan fingerprint density at radius 3 is 2.26 bits per heavy atom. The molecule has 23 heavy (non-hydrogen) atoms. The molecule has 2 aromatic carbocycles. The Morgan fingerprint density at radius 1 is 1.09 bits per heavy atom. The highest BCUT2D eigenvalue weighted by Gasteiger charge is 2.22. The highest BCUT2D eigenvalue weighted by molar-refractivity contribution is 5.97. The van der Waals surface area contributed by atoms with Crippen LogP contribution in [0.15, 0.2) is 48.5 Å². The number of benzene rings is 2. The summed E-state index contributed by atoms with van der Waals surface area (Å²) in [5.41, 5.74) is 8.28. The normalized spacial score (nSPS) is 11.6. The van der Waals surface area contributed by atoms with Gasteiger partial charge in [0.05, 0.1) is 5.56 Å². The monoisotopic (exact) mass is 312 g/mol. The summed E-state index contributed by atoms with van der Waals surface area (Å²) < 4.78 is 5.29. The minimum Gasteiger partial charge on any atom is -0.449 e. The molecule has 2 aromatic rings. The molecule has 0 spiro atoms. The molecule has 5 nitrogen and oxygen atoms in total. The Bertz CT molecular complexity index is 678. The fourth-order valence-electron chi connectivity index (χ4n) is 2.00. The second-order valence-electron chi connectivity index (χ2n) is 5.28. The Kier molecular flexibility index (Phi) is 5.36. The summed E-state index contributed by atoms with van der Waals surface area (Å²) in [6, 6.07) is 13.8. The number of carbonyl (C=O) groups is 2. The minimum absolute atomic E-state index is 0.347. The zero-order valence-electron chi connectivity index (χ0n) is 13.2. The zero-order valence-corrected chi connectivity index (χ0v) is 13.2. The number of aryl methyl sites for hydroxylation is 1. The number of anilines is 2. The molecular weight excluding hydrogens is 292 g/mol. The van der Waals surface area contributed by atoms with Crippen LogP contribution in [-0.4, -0.2) is 18.0 Å². The summed E-state index contributed by atoms with van der Waals surface area (Å²) in [6.45, 7) is 3.75. The molecule has 0 heterocycles. The Morgan fingerprint density at radius 2 is 1.70 bits per heavy atom. The molecule has 0 bridgehead atoms. The summed E-state index contributed by atoms with van der Waals surface area (Å²) in [5, 5.41) is 2.75. The SMILES string of the molecule is CCC(OC(=O)c1ccc(N)cc1)C(=O)Nc1ccc(C)cc1. The van der Waals surface area contributed by atoms with Crippen molar-refractivity contribution in [3.8, 4) is 0 Å². The van der Waals surface area contributed by atoms with Gasteiger partial charge in [-0.1, -0.05) is 24.6 Å². The molecule has 0 aliphatic rings. The lowest BCUT2D eigenvalue weighted by Crippen LogP contribution is -2.32. The van der Waals surface area contributed by atoms with E-state index in [2.05, 4.69) is 5.32 Å². The molecule has 0 saturated heterocycles. The first-order valence-electron chi connectivity index (χ1n) is 7.43. The highest BCUT2D eigenvalue weighted by Crippen LogP contribution is 2.13. The van der Waals surface area contributed by atoms with Crippen LogP contribution in [-0.2, 0) is 9.53 Å². The van der Waals surface area contributed by atoms with Crippen molar-refractivity contribution in [3.05, 3.63) is 59.7 Å². The molecule has 0 aliphatic carbocycles. The maximum atomic E-state index is 12.2. The first-order chi connectivity index (χ1) is 11.0. The summed E-state index contributed by atoms with van der Waals surface area (Å²) in [6.07, 6.45) is -0.459. The molecule has 0 aromatic heterocycles. The van der Waals surface area contributed by atoms with Crippen molar-refractivity contribution in [1.82, 2.24) is 0 Å². The van der Waals surface area contributed by atoms with Gasteiger partial charge in [-0.15, -0.1) is 0 Å². The molecule has 0 saturated carbocycles. The Balaban J connectivity index is 2.00. The van der Waals surface area contributed by atoms with Crippen LogP contribution in [0.4, 0.5) is 11.4 Å². The van der Waals surface area contributed by atoms with E-state index >= 15 is 0 Å². The number of ether oxygens (including phenoxy) is 1. The predicted octanol–water partition coefficient (Wildman–Crippen LogP) is 3.15. The van der Waals surface area contributed by atoms with E-state index in [-0.39, 0.29) is 5.91 Å². The molecular formula is C18H20N2O3. The maximum absolute atomic E-state index is 12.2. The van der Waals surface area contributed by atoms with Crippen LogP contribution >= 0.6 is 0 Å². The lowest BCUT2D eigenvalue weighted by molar-refractivity contribution is -0.124. The van der Waals surface area contributed by atoms with Gasteiger partial charge in [0.25, 0.3) is 5.91 Å². The van der Waals surface area contributed by atoms with E-state index in [0.29, 0.717) is 23.4 Å². The van der Waals surface area contributed by atoms with Crippen molar-refractivity contribution in [2.24, 2.45) is 0 Å². The van der Waals surface area contributed by atoms with Crippen LogP contribution in [0.25, 0.3) is 0 Å². The van der Waals surface area contributed by atoms with Crippen LogP contribution in [0.5, 0.6) is 0 Å². The van der Waals surface area contributed by atoms with Crippen molar-refractivity contribution in [2.75, 3.05) is 11.1 Å². The standard InChI is InChI=1S/C18H20N2O3/c1-3-16(17(21)20-15-10-4-12(2)5-11-15)23-18(22)13-6-8-14(19)9-7-13/h4-11,16H,3,19H2,1-2H3,(H,20,21). The third kappa shape index (κ3) is 4.57. The number of nitrogens with one attached hydrogen (secondary N) is 1. The van der Waals surface area contributed by atoms with Gasteiger partial charge >= 0.3 is 5.97 Å². The number of carbonyl (C=O) groups excluding carboxylic acids is 2.